The largest absolute Gasteiger partial charge is 0.472 e. The minimum absolute atomic E-state index is 0.0351. The molecule has 1 aromatic carbocycles. The Balaban J connectivity index is 1.65. The highest BCUT2D eigenvalue weighted by Crippen LogP contribution is 2.30. The van der Waals surface area contributed by atoms with E-state index in [1.54, 1.807) is 17.3 Å². The van der Waals surface area contributed by atoms with E-state index in [1.807, 2.05) is 68.6 Å². The molecule has 1 aliphatic rings. The molecule has 1 amide bonds. The van der Waals surface area contributed by atoms with Crippen molar-refractivity contribution in [3.05, 3.63) is 78.2 Å². The van der Waals surface area contributed by atoms with Gasteiger partial charge in [0, 0.05) is 43.5 Å². The number of ether oxygens (including phenoxy) is 1. The van der Waals surface area contributed by atoms with Gasteiger partial charge in [-0.1, -0.05) is 43.3 Å². The highest BCUT2D eigenvalue weighted by molar-refractivity contribution is 5.98. The molecule has 0 saturated heterocycles. The van der Waals surface area contributed by atoms with Crippen LogP contribution in [0.1, 0.15) is 29.9 Å². The minimum atomic E-state index is -0.312. The zero-order valence-corrected chi connectivity index (χ0v) is 20.0. The average molecular weight is 461 g/mol. The molecule has 3 aromatic rings. The van der Waals surface area contributed by atoms with Crippen molar-refractivity contribution in [2.45, 2.75) is 32.5 Å². The number of fused-ring (bicyclic) bond motifs is 1. The van der Waals surface area contributed by atoms with Crippen molar-refractivity contribution in [1.29, 1.82) is 0 Å². The monoisotopic (exact) mass is 460 g/mol. The van der Waals surface area contributed by atoms with E-state index in [0.29, 0.717) is 31.1 Å². The number of nitrogens with zero attached hydrogens (tertiary/aromatic N) is 4. The van der Waals surface area contributed by atoms with Crippen molar-refractivity contribution >= 4 is 5.91 Å². The Morgan fingerprint density at radius 1 is 1.15 bits per heavy atom. The molecule has 1 aliphatic heterocycles. The third kappa shape index (κ3) is 5.43. The molecule has 2 aromatic heterocycles. The number of carbonyl (C=O) groups excluding carboxylic acids is 1. The summed E-state index contributed by atoms with van der Waals surface area (Å²) < 4.78 is 6.40. The van der Waals surface area contributed by atoms with Crippen molar-refractivity contribution in [2.24, 2.45) is 5.92 Å². The highest BCUT2D eigenvalue weighted by atomic mass is 16.5. The second-order valence-corrected chi connectivity index (χ2v) is 9.08. The molecule has 7 nitrogen and oxygen atoms in total. The fourth-order valence-corrected chi connectivity index (χ4v) is 4.25. The number of benzene rings is 1. The number of hydrogen-bond donors (Lipinski definition) is 1. The lowest BCUT2D eigenvalue weighted by atomic mass is 9.99. The van der Waals surface area contributed by atoms with E-state index < -0.39 is 0 Å². The van der Waals surface area contributed by atoms with Crippen LogP contribution in [-0.2, 0) is 6.54 Å². The molecule has 0 spiro atoms. The number of pyridine rings is 2. The van der Waals surface area contributed by atoms with Crippen LogP contribution >= 0.6 is 0 Å². The first-order valence-corrected chi connectivity index (χ1v) is 11.7. The van der Waals surface area contributed by atoms with Gasteiger partial charge in [-0.05, 0) is 37.7 Å². The van der Waals surface area contributed by atoms with Gasteiger partial charge in [-0.25, -0.2) is 4.98 Å². The van der Waals surface area contributed by atoms with Gasteiger partial charge < -0.3 is 14.7 Å². The predicted molar refractivity (Wildman–Crippen MR) is 131 cm³/mol. The smallest absolute Gasteiger partial charge is 0.259 e. The predicted octanol–water partition coefficient (Wildman–Crippen LogP) is 3.50. The maximum atomic E-state index is 13.6. The summed E-state index contributed by atoms with van der Waals surface area (Å²) in [6.45, 7) is 5.66. The molecule has 0 bridgehead atoms. The Morgan fingerprint density at radius 3 is 2.62 bits per heavy atom. The van der Waals surface area contributed by atoms with Crippen LogP contribution in [0.5, 0.6) is 5.88 Å². The van der Waals surface area contributed by atoms with E-state index in [1.165, 1.54) is 0 Å². The fraction of sp³-hybridized carbons (Fsp3) is 0.370. The molecule has 4 rings (SSSR count). The number of aliphatic hydroxyl groups excluding tert-OH is 1. The van der Waals surface area contributed by atoms with Gasteiger partial charge in [0.05, 0.1) is 18.3 Å². The van der Waals surface area contributed by atoms with Crippen LogP contribution in [0.3, 0.4) is 0 Å². The lowest BCUT2D eigenvalue weighted by Crippen LogP contribution is -2.49. The van der Waals surface area contributed by atoms with Gasteiger partial charge in [-0.2, -0.15) is 0 Å². The molecule has 34 heavy (non-hydrogen) atoms. The summed E-state index contributed by atoms with van der Waals surface area (Å²) in [7, 11) is 2.04. The quantitative estimate of drug-likeness (QED) is 0.582. The van der Waals surface area contributed by atoms with Crippen LogP contribution in [-0.4, -0.2) is 69.7 Å². The normalized spacial score (nSPS) is 19.2. The van der Waals surface area contributed by atoms with Crippen LogP contribution in [0, 0.1) is 5.92 Å². The Hall–Kier alpha value is -3.29. The van der Waals surface area contributed by atoms with Gasteiger partial charge in [0.15, 0.2) is 0 Å². The molecule has 0 fully saturated rings. The topological polar surface area (TPSA) is 78.8 Å². The molecular weight excluding hydrogens is 428 g/mol. The second-order valence-electron chi connectivity index (χ2n) is 9.08. The average Bonchev–Trinajstić information content (AvgIpc) is 2.86. The van der Waals surface area contributed by atoms with Crippen molar-refractivity contribution in [1.82, 2.24) is 19.8 Å². The molecule has 0 saturated carbocycles. The van der Waals surface area contributed by atoms with Gasteiger partial charge in [0.1, 0.15) is 11.7 Å². The van der Waals surface area contributed by atoms with E-state index in [4.69, 9.17) is 4.74 Å². The maximum Gasteiger partial charge on any atom is 0.259 e. The first-order valence-electron chi connectivity index (χ1n) is 11.7. The molecule has 3 atom stereocenters. The molecule has 0 aliphatic carbocycles. The Kier molecular flexibility index (Phi) is 7.55. The Labute approximate surface area is 201 Å². The third-order valence-corrected chi connectivity index (χ3v) is 6.28. The van der Waals surface area contributed by atoms with Gasteiger partial charge in [-0.15, -0.1) is 0 Å². The second kappa shape index (κ2) is 10.8. The first kappa shape index (κ1) is 23.9. The van der Waals surface area contributed by atoms with Gasteiger partial charge in [0.25, 0.3) is 5.91 Å². The molecule has 1 N–H and O–H groups in total. The number of hydrogen-bond acceptors (Lipinski definition) is 6. The van der Waals surface area contributed by atoms with Crippen molar-refractivity contribution in [3.8, 4) is 17.0 Å². The number of aromatic nitrogens is 2. The van der Waals surface area contributed by atoms with Crippen LogP contribution in [0.15, 0.2) is 67.0 Å². The van der Waals surface area contributed by atoms with Crippen LogP contribution in [0.2, 0.25) is 0 Å². The van der Waals surface area contributed by atoms with E-state index >= 15 is 0 Å². The number of amides is 1. The summed E-state index contributed by atoms with van der Waals surface area (Å²) >= 11 is 0. The summed E-state index contributed by atoms with van der Waals surface area (Å²) in [6, 6.07) is 17.3. The van der Waals surface area contributed by atoms with Gasteiger partial charge in [0.2, 0.25) is 5.88 Å². The summed E-state index contributed by atoms with van der Waals surface area (Å²) in [5.41, 5.74) is 3.24. The van der Waals surface area contributed by atoms with Crippen LogP contribution in [0.4, 0.5) is 0 Å². The summed E-state index contributed by atoms with van der Waals surface area (Å²) in [5.74, 6) is 0.199. The first-order chi connectivity index (χ1) is 16.5. The van der Waals surface area contributed by atoms with Crippen molar-refractivity contribution in [2.75, 3.05) is 26.7 Å². The number of likely N-dealkylation sites (N-methyl/N-ethyl adjacent to an activating group) is 1. The standard InChI is InChI=1S/C27H32N4O3/c1-19-15-31(20(2)18-32)27(33)24-13-22(21-9-5-4-6-10-21)14-29-26(24)34-25(19)17-30(3)16-23-11-7-8-12-28-23/h4-14,19-20,25,32H,15-18H2,1-3H3/t19-,20-,25-/m1/s1. The molecule has 178 valence electrons. The summed E-state index contributed by atoms with van der Waals surface area (Å²) in [6.07, 6.45) is 3.36. The van der Waals surface area contributed by atoms with E-state index in [0.717, 1.165) is 16.8 Å². The van der Waals surface area contributed by atoms with E-state index in [-0.39, 0.29) is 30.6 Å². The molecule has 7 heteroatoms. The summed E-state index contributed by atoms with van der Waals surface area (Å²) in [4.78, 5) is 26.5. The molecular formula is C27H32N4O3. The third-order valence-electron chi connectivity index (χ3n) is 6.28. The SMILES string of the molecule is C[C@@H]1CN([C@H](C)CO)C(=O)c2cc(-c3ccccc3)cnc2O[C@@H]1CN(C)Cc1ccccn1. The lowest BCUT2D eigenvalue weighted by molar-refractivity contribution is 0.0324. The molecule has 0 unspecified atom stereocenters. The molecule has 3 heterocycles. The number of aliphatic hydroxyl groups is 1. The fourth-order valence-electron chi connectivity index (χ4n) is 4.25. The highest BCUT2D eigenvalue weighted by Gasteiger charge is 2.34. The molecule has 0 radical (unpaired) electrons. The van der Waals surface area contributed by atoms with Gasteiger partial charge in [-0.3, -0.25) is 14.7 Å². The zero-order valence-electron chi connectivity index (χ0n) is 20.0. The van der Waals surface area contributed by atoms with E-state index in [2.05, 4.69) is 21.8 Å². The van der Waals surface area contributed by atoms with Crippen molar-refractivity contribution < 1.29 is 14.6 Å². The van der Waals surface area contributed by atoms with Crippen LogP contribution < -0.4 is 4.74 Å². The number of rotatable bonds is 7. The lowest BCUT2D eigenvalue weighted by Gasteiger charge is -2.37. The van der Waals surface area contributed by atoms with E-state index in [9.17, 15) is 9.90 Å². The zero-order chi connectivity index (χ0) is 24.1. The Morgan fingerprint density at radius 2 is 1.91 bits per heavy atom. The van der Waals surface area contributed by atoms with Gasteiger partial charge >= 0.3 is 0 Å². The van der Waals surface area contributed by atoms with Crippen LogP contribution in [0.25, 0.3) is 11.1 Å². The Bertz CT molecular complexity index is 1090. The maximum absolute atomic E-state index is 13.6. The van der Waals surface area contributed by atoms with Crippen molar-refractivity contribution in [3.63, 3.8) is 0 Å². The minimum Gasteiger partial charge on any atom is -0.472 e. The number of carbonyl (C=O) groups is 1. The summed E-state index contributed by atoms with van der Waals surface area (Å²) in [5, 5.41) is 9.85.